The number of alkyl halides is 1. The second-order valence-electron chi connectivity index (χ2n) is 4.69. The molecule has 1 aromatic rings. The van der Waals surface area contributed by atoms with Crippen LogP contribution < -0.4 is 11.4 Å². The highest BCUT2D eigenvalue weighted by atomic mass is 35.5. The number of rotatable bonds is 4. The van der Waals surface area contributed by atoms with Crippen molar-refractivity contribution in [3.63, 3.8) is 0 Å². The number of aliphatic hydroxyl groups is 1. The first-order valence-electron chi connectivity index (χ1n) is 6.33. The maximum absolute atomic E-state index is 11.8. The molecule has 2 heterocycles. The van der Waals surface area contributed by atoms with Crippen molar-refractivity contribution < 1.29 is 9.84 Å². The Morgan fingerprint density at radius 1 is 1.63 bits per heavy atom. The predicted molar refractivity (Wildman–Crippen MR) is 71.9 cm³/mol. The SMILES string of the molecule is CCCC1C(Cl)[C@H](n2ccc(N)nc2=O)O[C@@H]1CO. The molecule has 106 valence electrons. The zero-order valence-corrected chi connectivity index (χ0v) is 11.5. The van der Waals surface area contributed by atoms with E-state index in [4.69, 9.17) is 22.1 Å². The maximum atomic E-state index is 11.8. The molecule has 2 unspecified atom stereocenters. The number of anilines is 1. The summed E-state index contributed by atoms with van der Waals surface area (Å²) >= 11 is 6.39. The predicted octanol–water partition coefficient (Wildman–Crippen LogP) is 0.739. The lowest BCUT2D eigenvalue weighted by Gasteiger charge is -2.18. The Kier molecular flexibility index (Phi) is 4.44. The summed E-state index contributed by atoms with van der Waals surface area (Å²) in [5.41, 5.74) is 4.96. The third-order valence-corrected chi connectivity index (χ3v) is 3.94. The number of aliphatic hydroxyl groups excluding tert-OH is 1. The minimum Gasteiger partial charge on any atom is -0.394 e. The molecular formula is C12H18ClN3O3. The number of hydrogen-bond donors (Lipinski definition) is 2. The Bertz CT molecular complexity index is 493. The Hall–Kier alpha value is -1.11. The first kappa shape index (κ1) is 14.3. The third-order valence-electron chi connectivity index (χ3n) is 3.40. The van der Waals surface area contributed by atoms with E-state index in [0.29, 0.717) is 0 Å². The molecule has 0 bridgehead atoms. The van der Waals surface area contributed by atoms with E-state index < -0.39 is 11.9 Å². The lowest BCUT2D eigenvalue weighted by molar-refractivity contribution is -0.0327. The van der Waals surface area contributed by atoms with E-state index >= 15 is 0 Å². The summed E-state index contributed by atoms with van der Waals surface area (Å²) in [5.74, 6) is 0.181. The van der Waals surface area contributed by atoms with Crippen molar-refractivity contribution in [2.45, 2.75) is 37.5 Å². The second kappa shape index (κ2) is 5.90. The highest BCUT2D eigenvalue weighted by Gasteiger charge is 2.43. The van der Waals surface area contributed by atoms with Gasteiger partial charge in [-0.3, -0.25) is 4.57 Å². The molecule has 1 saturated heterocycles. The molecule has 6 nitrogen and oxygen atoms in total. The van der Waals surface area contributed by atoms with Gasteiger partial charge in [-0.2, -0.15) is 4.98 Å². The van der Waals surface area contributed by atoms with Gasteiger partial charge in [-0.15, -0.1) is 11.6 Å². The van der Waals surface area contributed by atoms with Crippen LogP contribution in [0.2, 0.25) is 0 Å². The number of hydrogen-bond acceptors (Lipinski definition) is 5. The number of nitrogens with zero attached hydrogens (tertiary/aromatic N) is 2. The van der Waals surface area contributed by atoms with Gasteiger partial charge in [0.1, 0.15) is 5.82 Å². The normalized spacial score (nSPS) is 30.7. The van der Waals surface area contributed by atoms with Crippen LogP contribution in [0.4, 0.5) is 5.82 Å². The van der Waals surface area contributed by atoms with Crippen molar-refractivity contribution in [1.29, 1.82) is 0 Å². The van der Waals surface area contributed by atoms with Crippen LogP contribution in [0.15, 0.2) is 17.1 Å². The van der Waals surface area contributed by atoms with Gasteiger partial charge in [-0.05, 0) is 12.5 Å². The summed E-state index contributed by atoms with van der Waals surface area (Å²) in [6, 6.07) is 1.52. The molecule has 4 atom stereocenters. The lowest BCUT2D eigenvalue weighted by Crippen LogP contribution is -2.31. The highest BCUT2D eigenvalue weighted by Crippen LogP contribution is 2.39. The van der Waals surface area contributed by atoms with Crippen molar-refractivity contribution >= 4 is 17.4 Å². The molecule has 1 aliphatic rings. The van der Waals surface area contributed by atoms with E-state index in [-0.39, 0.29) is 29.8 Å². The molecule has 19 heavy (non-hydrogen) atoms. The fraction of sp³-hybridized carbons (Fsp3) is 0.667. The van der Waals surface area contributed by atoms with Gasteiger partial charge in [0.2, 0.25) is 0 Å². The number of nitrogens with two attached hydrogens (primary N) is 1. The van der Waals surface area contributed by atoms with E-state index in [1.54, 1.807) is 0 Å². The Balaban J connectivity index is 2.28. The number of ether oxygens (including phenoxy) is 1. The van der Waals surface area contributed by atoms with E-state index in [2.05, 4.69) is 4.98 Å². The number of aromatic nitrogens is 2. The average Bonchev–Trinajstić information content (AvgIpc) is 2.68. The van der Waals surface area contributed by atoms with Gasteiger partial charge in [0.05, 0.1) is 18.1 Å². The minimum atomic E-state index is -0.615. The monoisotopic (exact) mass is 287 g/mol. The van der Waals surface area contributed by atoms with Gasteiger partial charge in [0.15, 0.2) is 6.23 Å². The molecule has 0 saturated carbocycles. The fourth-order valence-electron chi connectivity index (χ4n) is 2.47. The average molecular weight is 288 g/mol. The standard InChI is InChI=1S/C12H18ClN3O3/c1-2-3-7-8(6-17)19-11(10(7)13)16-5-4-9(14)15-12(16)18/h4-5,7-8,10-11,17H,2-3,6H2,1H3,(H2,14,15,18)/t7?,8-,10?,11-/m1/s1. The van der Waals surface area contributed by atoms with Crippen LogP contribution in [0.5, 0.6) is 0 Å². The van der Waals surface area contributed by atoms with Gasteiger partial charge in [0, 0.05) is 12.1 Å². The van der Waals surface area contributed by atoms with Crippen LogP contribution >= 0.6 is 11.6 Å². The Morgan fingerprint density at radius 2 is 2.37 bits per heavy atom. The van der Waals surface area contributed by atoms with Crippen LogP contribution in [0.1, 0.15) is 26.0 Å². The Labute approximate surface area is 116 Å². The van der Waals surface area contributed by atoms with Crippen molar-refractivity contribution in [2.75, 3.05) is 12.3 Å². The zero-order chi connectivity index (χ0) is 14.0. The minimum absolute atomic E-state index is 0.0196. The third kappa shape index (κ3) is 2.75. The van der Waals surface area contributed by atoms with Gasteiger partial charge in [-0.1, -0.05) is 13.3 Å². The molecule has 0 spiro atoms. The molecule has 0 aliphatic carbocycles. The van der Waals surface area contributed by atoms with Gasteiger partial charge in [0.25, 0.3) is 0 Å². The Morgan fingerprint density at radius 3 is 2.95 bits per heavy atom. The van der Waals surface area contributed by atoms with E-state index in [1.807, 2.05) is 6.92 Å². The molecule has 1 aliphatic heterocycles. The van der Waals surface area contributed by atoms with Gasteiger partial charge >= 0.3 is 5.69 Å². The summed E-state index contributed by atoms with van der Waals surface area (Å²) in [6.45, 7) is 1.93. The molecule has 0 amide bonds. The van der Waals surface area contributed by atoms with Gasteiger partial charge in [-0.25, -0.2) is 4.79 Å². The molecular weight excluding hydrogens is 270 g/mol. The van der Waals surface area contributed by atoms with Crippen molar-refractivity contribution in [3.05, 3.63) is 22.7 Å². The smallest absolute Gasteiger partial charge is 0.351 e. The second-order valence-corrected chi connectivity index (χ2v) is 5.19. The molecule has 3 N–H and O–H groups in total. The topological polar surface area (TPSA) is 90.4 Å². The van der Waals surface area contributed by atoms with E-state index in [9.17, 15) is 9.90 Å². The van der Waals surface area contributed by atoms with Crippen LogP contribution in [0, 0.1) is 5.92 Å². The van der Waals surface area contributed by atoms with Crippen molar-refractivity contribution in [2.24, 2.45) is 5.92 Å². The molecule has 1 fully saturated rings. The van der Waals surface area contributed by atoms with Crippen molar-refractivity contribution in [1.82, 2.24) is 9.55 Å². The van der Waals surface area contributed by atoms with E-state index in [1.165, 1.54) is 16.8 Å². The van der Waals surface area contributed by atoms with Crippen LogP contribution in [-0.2, 0) is 4.74 Å². The maximum Gasteiger partial charge on any atom is 0.351 e. The summed E-state index contributed by atoms with van der Waals surface area (Å²) in [5, 5.41) is 8.98. The fourth-order valence-corrected chi connectivity index (χ4v) is 2.94. The first-order valence-corrected chi connectivity index (χ1v) is 6.77. The van der Waals surface area contributed by atoms with Crippen LogP contribution in [0.25, 0.3) is 0 Å². The molecule has 0 radical (unpaired) electrons. The number of halogens is 1. The van der Waals surface area contributed by atoms with Gasteiger partial charge < -0.3 is 15.6 Å². The molecule has 2 rings (SSSR count). The molecule has 0 aromatic carbocycles. The molecule has 7 heteroatoms. The summed E-state index contributed by atoms with van der Waals surface area (Å²) < 4.78 is 7.02. The van der Waals surface area contributed by atoms with Crippen molar-refractivity contribution in [3.8, 4) is 0 Å². The summed E-state index contributed by atoms with van der Waals surface area (Å²) in [7, 11) is 0. The summed E-state index contributed by atoms with van der Waals surface area (Å²) in [4.78, 5) is 15.5. The molecule has 1 aromatic heterocycles. The first-order chi connectivity index (χ1) is 9.08. The quantitative estimate of drug-likeness (QED) is 0.797. The van der Waals surface area contributed by atoms with E-state index in [0.717, 1.165) is 12.8 Å². The largest absolute Gasteiger partial charge is 0.394 e. The summed E-state index contributed by atoms with van der Waals surface area (Å²) in [6.07, 6.45) is 2.34. The highest BCUT2D eigenvalue weighted by molar-refractivity contribution is 6.21. The zero-order valence-electron chi connectivity index (χ0n) is 10.7. The number of nitrogen functional groups attached to an aromatic ring is 1. The van der Waals surface area contributed by atoms with Crippen LogP contribution in [-0.4, -0.2) is 32.7 Å². The lowest BCUT2D eigenvalue weighted by atomic mass is 9.95. The van der Waals surface area contributed by atoms with Crippen LogP contribution in [0.3, 0.4) is 0 Å².